The first kappa shape index (κ1) is 19.7. The van der Waals surface area contributed by atoms with Crippen LogP contribution in [0.5, 0.6) is 0 Å². The van der Waals surface area contributed by atoms with E-state index in [1.807, 2.05) is 18.2 Å². The Morgan fingerprint density at radius 3 is 2.43 bits per heavy atom. The van der Waals surface area contributed by atoms with Crippen molar-refractivity contribution in [1.29, 1.82) is 0 Å². The molecule has 1 atom stereocenters. The molecule has 0 aromatic carbocycles. The Hall–Kier alpha value is -1.35. The number of hydrogen-bond acceptors (Lipinski definition) is 2. The van der Waals surface area contributed by atoms with Crippen LogP contribution in [-0.2, 0) is 4.79 Å². The van der Waals surface area contributed by atoms with E-state index in [1.54, 1.807) is 0 Å². The van der Waals surface area contributed by atoms with Crippen molar-refractivity contribution in [2.45, 2.75) is 70.8 Å². The fourth-order valence-corrected chi connectivity index (χ4v) is 1.95. The largest absolute Gasteiger partial charge is 0.481 e. The highest BCUT2D eigenvalue weighted by atomic mass is 16.4. The van der Waals surface area contributed by atoms with E-state index in [-0.39, 0.29) is 12.5 Å². The minimum Gasteiger partial charge on any atom is -0.481 e. The van der Waals surface area contributed by atoms with Gasteiger partial charge >= 0.3 is 5.97 Å². The third-order valence-electron chi connectivity index (χ3n) is 3.15. The summed E-state index contributed by atoms with van der Waals surface area (Å²) in [6.45, 7) is 2.11. The highest BCUT2D eigenvalue weighted by Gasteiger charge is 1.99. The van der Waals surface area contributed by atoms with E-state index in [4.69, 9.17) is 5.11 Å². The smallest absolute Gasteiger partial charge is 0.303 e. The normalized spacial score (nSPS) is 13.6. The van der Waals surface area contributed by atoms with Gasteiger partial charge in [0, 0.05) is 6.42 Å². The minimum absolute atomic E-state index is 0.269. The summed E-state index contributed by atoms with van der Waals surface area (Å²) in [5.74, 6) is -0.714. The number of carbonyl (C=O) groups is 1. The van der Waals surface area contributed by atoms with Gasteiger partial charge in [-0.25, -0.2) is 0 Å². The molecule has 0 saturated carbocycles. The van der Waals surface area contributed by atoms with Crippen molar-refractivity contribution in [2.24, 2.45) is 0 Å². The zero-order valence-corrected chi connectivity index (χ0v) is 13.2. The highest BCUT2D eigenvalue weighted by molar-refractivity contribution is 5.66. The van der Waals surface area contributed by atoms with Crippen molar-refractivity contribution in [3.05, 3.63) is 36.5 Å². The van der Waals surface area contributed by atoms with Crippen LogP contribution in [0.15, 0.2) is 36.5 Å². The number of allylic oxidation sites excluding steroid dienone is 5. The highest BCUT2D eigenvalue weighted by Crippen LogP contribution is 2.09. The maximum absolute atomic E-state index is 10.3. The molecule has 0 bridgehead atoms. The summed E-state index contributed by atoms with van der Waals surface area (Å²) in [5.41, 5.74) is 0. The van der Waals surface area contributed by atoms with Crippen LogP contribution >= 0.6 is 0 Å². The minimum atomic E-state index is -0.714. The van der Waals surface area contributed by atoms with Crippen LogP contribution in [0.2, 0.25) is 0 Å². The van der Waals surface area contributed by atoms with Crippen LogP contribution < -0.4 is 0 Å². The molecule has 0 saturated heterocycles. The van der Waals surface area contributed by atoms with Crippen molar-refractivity contribution >= 4 is 5.97 Å². The zero-order valence-electron chi connectivity index (χ0n) is 13.2. The first-order valence-electron chi connectivity index (χ1n) is 8.05. The van der Waals surface area contributed by atoms with Crippen LogP contribution in [0.1, 0.15) is 64.7 Å². The Labute approximate surface area is 129 Å². The second-order valence-electron chi connectivity index (χ2n) is 5.20. The number of aliphatic hydroxyl groups excluding tert-OH is 1. The molecule has 0 aliphatic rings. The fraction of sp³-hybridized carbons (Fsp3) is 0.611. The van der Waals surface area contributed by atoms with Gasteiger partial charge in [0.15, 0.2) is 0 Å². The van der Waals surface area contributed by atoms with Gasteiger partial charge < -0.3 is 10.2 Å². The van der Waals surface area contributed by atoms with E-state index >= 15 is 0 Å². The standard InChI is InChI=1S/C18H30O3/c1-2-3-4-5-6-8-11-14-17(19)15-12-9-7-10-13-16-18(20)21/h3-4,6,8,11,14,17,19H,2,5,7,9-10,12-13,15-16H2,1H3,(H,20,21)/b4-3-,8-6+,14-11+/t17-/m0/s1. The second kappa shape index (κ2) is 15.0. The molecule has 0 aliphatic heterocycles. The Morgan fingerprint density at radius 2 is 1.71 bits per heavy atom. The van der Waals surface area contributed by atoms with Gasteiger partial charge in [0.2, 0.25) is 0 Å². The van der Waals surface area contributed by atoms with Crippen molar-refractivity contribution < 1.29 is 15.0 Å². The molecule has 3 nitrogen and oxygen atoms in total. The molecule has 0 spiro atoms. The van der Waals surface area contributed by atoms with E-state index in [2.05, 4.69) is 25.2 Å². The molecule has 0 aromatic rings. The maximum atomic E-state index is 10.3. The summed E-state index contributed by atoms with van der Waals surface area (Å²) in [4.78, 5) is 10.3. The van der Waals surface area contributed by atoms with Gasteiger partial charge in [-0.2, -0.15) is 0 Å². The van der Waals surface area contributed by atoms with Gasteiger partial charge in [0.05, 0.1) is 6.10 Å². The lowest BCUT2D eigenvalue weighted by Gasteiger charge is -2.04. The second-order valence-corrected chi connectivity index (χ2v) is 5.20. The molecule has 0 unspecified atom stereocenters. The van der Waals surface area contributed by atoms with Gasteiger partial charge in [0.1, 0.15) is 0 Å². The summed E-state index contributed by atoms with van der Waals surface area (Å²) in [7, 11) is 0. The van der Waals surface area contributed by atoms with Crippen LogP contribution in [0.3, 0.4) is 0 Å². The lowest BCUT2D eigenvalue weighted by Crippen LogP contribution is -2.01. The molecular weight excluding hydrogens is 264 g/mol. The molecule has 0 fully saturated rings. The molecule has 120 valence electrons. The van der Waals surface area contributed by atoms with Gasteiger partial charge in [0.25, 0.3) is 0 Å². The number of unbranched alkanes of at least 4 members (excludes halogenated alkanes) is 4. The lowest BCUT2D eigenvalue weighted by molar-refractivity contribution is -0.137. The molecule has 0 heterocycles. The zero-order chi connectivity index (χ0) is 15.8. The third kappa shape index (κ3) is 16.6. The number of aliphatic hydroxyl groups is 1. The fourth-order valence-electron chi connectivity index (χ4n) is 1.95. The van der Waals surface area contributed by atoms with Gasteiger partial charge in [-0.05, 0) is 25.7 Å². The van der Waals surface area contributed by atoms with E-state index in [0.29, 0.717) is 0 Å². The Bertz CT molecular complexity index is 329. The average Bonchev–Trinajstić information content (AvgIpc) is 2.45. The third-order valence-corrected chi connectivity index (χ3v) is 3.15. The topological polar surface area (TPSA) is 57.5 Å². The van der Waals surface area contributed by atoms with Crippen molar-refractivity contribution in [2.75, 3.05) is 0 Å². The molecule has 0 amide bonds. The number of rotatable bonds is 13. The quantitative estimate of drug-likeness (QED) is 0.296. The molecule has 0 aliphatic carbocycles. The number of carboxylic acid groups (broad SMARTS) is 1. The maximum Gasteiger partial charge on any atom is 0.303 e. The number of hydrogen-bond donors (Lipinski definition) is 2. The number of carboxylic acids is 1. The summed E-state index contributed by atoms with van der Waals surface area (Å²) in [5, 5.41) is 18.3. The molecule has 21 heavy (non-hydrogen) atoms. The monoisotopic (exact) mass is 294 g/mol. The van der Waals surface area contributed by atoms with Crippen LogP contribution in [-0.4, -0.2) is 22.3 Å². The molecule has 0 rings (SSSR count). The lowest BCUT2D eigenvalue weighted by atomic mass is 10.1. The van der Waals surface area contributed by atoms with Gasteiger partial charge in [-0.15, -0.1) is 0 Å². The summed E-state index contributed by atoms with van der Waals surface area (Å²) in [6, 6.07) is 0. The van der Waals surface area contributed by atoms with Crippen LogP contribution in [0.25, 0.3) is 0 Å². The van der Waals surface area contributed by atoms with E-state index in [1.165, 1.54) is 0 Å². The molecule has 3 heteroatoms. The molecule has 2 N–H and O–H groups in total. The number of aliphatic carboxylic acids is 1. The molecule has 0 radical (unpaired) electrons. The van der Waals surface area contributed by atoms with Crippen LogP contribution in [0.4, 0.5) is 0 Å². The Morgan fingerprint density at radius 1 is 1.00 bits per heavy atom. The summed E-state index contributed by atoms with van der Waals surface area (Å²) >= 11 is 0. The molecular formula is C18H30O3. The van der Waals surface area contributed by atoms with Gasteiger partial charge in [-0.1, -0.05) is 69.1 Å². The van der Waals surface area contributed by atoms with E-state index in [9.17, 15) is 9.90 Å². The molecule has 0 aromatic heterocycles. The SMILES string of the molecule is CC/C=C\C/C=C/C=C/[C@H](O)CCCCCCCC(=O)O. The first-order valence-corrected chi connectivity index (χ1v) is 8.05. The van der Waals surface area contributed by atoms with E-state index in [0.717, 1.165) is 51.4 Å². The summed E-state index contributed by atoms with van der Waals surface area (Å²) in [6.07, 6.45) is 19.5. The average molecular weight is 294 g/mol. The Kier molecular flexibility index (Phi) is 14.1. The predicted molar refractivity (Wildman–Crippen MR) is 88.3 cm³/mol. The van der Waals surface area contributed by atoms with Gasteiger partial charge in [-0.3, -0.25) is 4.79 Å². The Balaban J connectivity index is 3.46. The van der Waals surface area contributed by atoms with Crippen LogP contribution in [0, 0.1) is 0 Å². The summed E-state index contributed by atoms with van der Waals surface area (Å²) < 4.78 is 0. The predicted octanol–water partition coefficient (Wildman–Crippen LogP) is 4.63. The van der Waals surface area contributed by atoms with Crippen molar-refractivity contribution in [3.63, 3.8) is 0 Å². The first-order chi connectivity index (χ1) is 10.2. The van der Waals surface area contributed by atoms with Crippen molar-refractivity contribution in [3.8, 4) is 0 Å². The van der Waals surface area contributed by atoms with E-state index < -0.39 is 5.97 Å². The van der Waals surface area contributed by atoms with Crippen molar-refractivity contribution in [1.82, 2.24) is 0 Å².